The molecule has 0 aliphatic carbocycles. The fourth-order valence-electron chi connectivity index (χ4n) is 2.08. The van der Waals surface area contributed by atoms with E-state index in [1.165, 1.54) is 12.4 Å². The molecule has 6 heteroatoms. The predicted molar refractivity (Wildman–Crippen MR) is 85.9 cm³/mol. The largest absolute Gasteiger partial charge is 0.403 e. The molecule has 1 aliphatic heterocycles. The molecular weight excluding hydrogens is 295 g/mol. The van der Waals surface area contributed by atoms with Gasteiger partial charge in [0, 0.05) is 50.2 Å². The Kier molecular flexibility index (Phi) is 5.86. The van der Waals surface area contributed by atoms with Crippen LogP contribution < -0.4 is 11.1 Å². The summed E-state index contributed by atoms with van der Waals surface area (Å²) >= 11 is 11.9. The van der Waals surface area contributed by atoms with Crippen LogP contribution in [0.15, 0.2) is 34.4 Å². The maximum absolute atomic E-state index is 6.04. The molecule has 0 aromatic heterocycles. The summed E-state index contributed by atoms with van der Waals surface area (Å²) in [5.74, 6) is 0. The van der Waals surface area contributed by atoms with Crippen molar-refractivity contribution in [2.24, 2.45) is 10.7 Å². The fourth-order valence-corrected chi connectivity index (χ4v) is 2.29. The molecule has 0 spiro atoms. The first-order valence-electron chi connectivity index (χ1n) is 6.52. The van der Waals surface area contributed by atoms with Crippen LogP contribution in [-0.2, 0) is 6.54 Å². The van der Waals surface area contributed by atoms with E-state index in [4.69, 9.17) is 28.9 Å². The van der Waals surface area contributed by atoms with Gasteiger partial charge in [-0.15, -0.1) is 0 Å². The maximum atomic E-state index is 6.04. The highest BCUT2D eigenvalue weighted by Crippen LogP contribution is 2.25. The monoisotopic (exact) mass is 312 g/mol. The van der Waals surface area contributed by atoms with Gasteiger partial charge in [0.2, 0.25) is 0 Å². The average Bonchev–Trinajstić information content (AvgIpc) is 2.48. The molecule has 0 bridgehead atoms. The zero-order valence-electron chi connectivity index (χ0n) is 11.1. The summed E-state index contributed by atoms with van der Waals surface area (Å²) in [6.45, 7) is 4.97. The van der Waals surface area contributed by atoms with Crippen molar-refractivity contribution >= 4 is 35.1 Å². The number of nitrogens with two attached hydrogens (primary N) is 1. The second kappa shape index (κ2) is 7.64. The Hall–Kier alpha value is -1.07. The van der Waals surface area contributed by atoms with Gasteiger partial charge < -0.3 is 11.1 Å². The molecular formula is C14H18Cl2N4. The van der Waals surface area contributed by atoms with E-state index < -0.39 is 0 Å². The van der Waals surface area contributed by atoms with Crippen LogP contribution in [0.25, 0.3) is 0 Å². The predicted octanol–water partition coefficient (Wildman–Crippen LogP) is 2.49. The minimum absolute atomic E-state index is 0.401. The maximum Gasteiger partial charge on any atom is 0.0743 e. The molecule has 0 saturated carbocycles. The van der Waals surface area contributed by atoms with E-state index in [9.17, 15) is 0 Å². The summed E-state index contributed by atoms with van der Waals surface area (Å²) in [4.78, 5) is 6.76. The average molecular weight is 313 g/mol. The zero-order chi connectivity index (χ0) is 14.4. The number of aliphatic imine (C=N–C) groups is 1. The molecule has 1 heterocycles. The fraction of sp³-hybridized carbons (Fsp3) is 0.357. The molecule has 3 N–H and O–H groups in total. The molecule has 1 aromatic carbocycles. The Bertz CT molecular complexity index is 508. The molecule has 0 atom stereocenters. The molecule has 20 heavy (non-hydrogen) atoms. The lowest BCUT2D eigenvalue weighted by atomic mass is 10.1. The van der Waals surface area contributed by atoms with Gasteiger partial charge in [-0.05, 0) is 17.7 Å². The summed E-state index contributed by atoms with van der Waals surface area (Å²) in [5.41, 5.74) is 7.29. The Balaban J connectivity index is 2.16. The van der Waals surface area contributed by atoms with Crippen LogP contribution in [0.4, 0.5) is 5.69 Å². The van der Waals surface area contributed by atoms with E-state index >= 15 is 0 Å². The third-order valence-electron chi connectivity index (χ3n) is 3.14. The van der Waals surface area contributed by atoms with Gasteiger partial charge in [0.05, 0.1) is 10.7 Å². The summed E-state index contributed by atoms with van der Waals surface area (Å²) < 4.78 is 0. The van der Waals surface area contributed by atoms with Gasteiger partial charge in [-0.25, -0.2) is 0 Å². The van der Waals surface area contributed by atoms with Crippen molar-refractivity contribution in [3.05, 3.63) is 40.0 Å². The summed E-state index contributed by atoms with van der Waals surface area (Å²) in [6.07, 6.45) is 2.85. The highest BCUT2D eigenvalue weighted by Gasteiger charge is 2.12. The van der Waals surface area contributed by atoms with Crippen molar-refractivity contribution in [1.82, 2.24) is 10.2 Å². The Labute approximate surface area is 129 Å². The number of allylic oxidation sites excluding steroid dienone is 1. The first-order chi connectivity index (χ1) is 9.69. The molecule has 0 unspecified atom stereocenters. The van der Waals surface area contributed by atoms with Crippen molar-refractivity contribution in [3.8, 4) is 0 Å². The van der Waals surface area contributed by atoms with Crippen LogP contribution in [0.1, 0.15) is 5.56 Å². The molecule has 1 aliphatic rings. The van der Waals surface area contributed by atoms with Crippen LogP contribution in [0.3, 0.4) is 0 Å². The van der Waals surface area contributed by atoms with E-state index in [1.54, 1.807) is 0 Å². The van der Waals surface area contributed by atoms with Gasteiger partial charge in [-0.3, -0.25) is 9.89 Å². The number of rotatable bonds is 4. The van der Waals surface area contributed by atoms with Gasteiger partial charge in [0.15, 0.2) is 0 Å². The van der Waals surface area contributed by atoms with Gasteiger partial charge >= 0.3 is 0 Å². The Morgan fingerprint density at radius 2 is 2.15 bits per heavy atom. The number of benzene rings is 1. The highest BCUT2D eigenvalue weighted by molar-refractivity contribution is 6.39. The van der Waals surface area contributed by atoms with Crippen LogP contribution in [-0.4, -0.2) is 37.3 Å². The molecule has 0 amide bonds. The van der Waals surface area contributed by atoms with E-state index in [1.807, 2.05) is 18.2 Å². The number of nitrogens with one attached hydrogen (secondary N) is 1. The summed E-state index contributed by atoms with van der Waals surface area (Å²) in [7, 11) is 0. The first kappa shape index (κ1) is 15.3. The van der Waals surface area contributed by atoms with Crippen LogP contribution in [0, 0.1) is 0 Å². The molecule has 1 aromatic rings. The van der Waals surface area contributed by atoms with Gasteiger partial charge in [-0.2, -0.15) is 0 Å². The van der Waals surface area contributed by atoms with E-state index in [0.717, 1.165) is 44.0 Å². The smallest absolute Gasteiger partial charge is 0.0743 e. The van der Waals surface area contributed by atoms with Crippen molar-refractivity contribution in [2.45, 2.75) is 6.54 Å². The quantitative estimate of drug-likeness (QED) is 0.840. The lowest BCUT2D eigenvalue weighted by molar-refractivity contribution is 0.233. The van der Waals surface area contributed by atoms with Gasteiger partial charge in [-0.1, -0.05) is 29.3 Å². The molecule has 4 nitrogen and oxygen atoms in total. The van der Waals surface area contributed by atoms with E-state index in [-0.39, 0.29) is 0 Å². The summed E-state index contributed by atoms with van der Waals surface area (Å²) in [6, 6.07) is 5.74. The standard InChI is InChI=1S/C14H18Cl2N4/c15-12-2-1-11(10-20-5-3-18-4-6-20)14(7-12)19-9-13(16)8-17/h1-2,7-9,18H,3-6,10,17H2. The van der Waals surface area contributed by atoms with Gasteiger partial charge in [0.25, 0.3) is 0 Å². The van der Waals surface area contributed by atoms with Crippen molar-refractivity contribution in [1.29, 1.82) is 0 Å². The molecule has 2 rings (SSSR count). The Morgan fingerprint density at radius 3 is 2.85 bits per heavy atom. The third kappa shape index (κ3) is 4.49. The van der Waals surface area contributed by atoms with Crippen LogP contribution in [0.2, 0.25) is 5.02 Å². The second-order valence-electron chi connectivity index (χ2n) is 4.61. The van der Waals surface area contributed by atoms with Crippen molar-refractivity contribution in [3.63, 3.8) is 0 Å². The molecule has 1 fully saturated rings. The number of halogens is 2. The van der Waals surface area contributed by atoms with Gasteiger partial charge in [0.1, 0.15) is 0 Å². The normalized spacial score (nSPS) is 17.8. The summed E-state index contributed by atoms with van der Waals surface area (Å²) in [5, 5.41) is 4.40. The lowest BCUT2D eigenvalue weighted by Gasteiger charge is -2.27. The Morgan fingerprint density at radius 1 is 1.40 bits per heavy atom. The molecule has 1 saturated heterocycles. The molecule has 0 radical (unpaired) electrons. The van der Waals surface area contributed by atoms with Crippen LogP contribution >= 0.6 is 23.2 Å². The third-order valence-corrected chi connectivity index (χ3v) is 3.60. The minimum atomic E-state index is 0.401. The lowest BCUT2D eigenvalue weighted by Crippen LogP contribution is -2.42. The molecule has 108 valence electrons. The van der Waals surface area contributed by atoms with Crippen molar-refractivity contribution < 1.29 is 0 Å². The van der Waals surface area contributed by atoms with Crippen LogP contribution in [0.5, 0.6) is 0 Å². The minimum Gasteiger partial charge on any atom is -0.403 e. The number of hydrogen-bond acceptors (Lipinski definition) is 4. The number of piperazine rings is 1. The SMILES string of the molecule is NC=C(Cl)C=Nc1cc(Cl)ccc1CN1CCNCC1. The highest BCUT2D eigenvalue weighted by atomic mass is 35.5. The number of hydrogen-bond donors (Lipinski definition) is 2. The first-order valence-corrected chi connectivity index (χ1v) is 7.27. The van der Waals surface area contributed by atoms with E-state index in [2.05, 4.69) is 15.2 Å². The second-order valence-corrected chi connectivity index (χ2v) is 5.48. The van der Waals surface area contributed by atoms with E-state index in [0.29, 0.717) is 10.1 Å². The zero-order valence-corrected chi connectivity index (χ0v) is 12.7. The topological polar surface area (TPSA) is 53.6 Å². The van der Waals surface area contributed by atoms with Crippen molar-refractivity contribution in [2.75, 3.05) is 26.2 Å². The number of nitrogens with zero attached hydrogens (tertiary/aromatic N) is 2.